The maximum absolute atomic E-state index is 11.8. The molecule has 5 heteroatoms. The summed E-state index contributed by atoms with van der Waals surface area (Å²) in [5, 5.41) is 10.6. The van der Waals surface area contributed by atoms with Gasteiger partial charge in [0.1, 0.15) is 5.75 Å². The summed E-state index contributed by atoms with van der Waals surface area (Å²) in [6.07, 6.45) is 0.542. The summed E-state index contributed by atoms with van der Waals surface area (Å²) >= 11 is 6.66. The first-order valence-electron chi connectivity index (χ1n) is 4.96. The van der Waals surface area contributed by atoms with Gasteiger partial charge in [-0.25, -0.2) is 0 Å². The molecule has 3 nitrogen and oxygen atoms in total. The number of anilines is 1. The number of rotatable bonds is 2. The molecule has 0 spiro atoms. The third-order valence-corrected chi connectivity index (χ3v) is 4.06. The van der Waals surface area contributed by atoms with E-state index in [0.717, 1.165) is 9.80 Å². The van der Waals surface area contributed by atoms with Crippen LogP contribution in [0.4, 0.5) is 5.69 Å². The molecule has 1 heterocycles. The molecule has 1 aliphatic rings. The monoisotopic (exact) mass is 347 g/mol. The molecule has 1 amide bonds. The van der Waals surface area contributed by atoms with Crippen LogP contribution in [0.2, 0.25) is 0 Å². The molecular formula is C11H11Br2NO2. The van der Waals surface area contributed by atoms with Crippen molar-refractivity contribution in [3.63, 3.8) is 0 Å². The largest absolute Gasteiger partial charge is 0.506 e. The van der Waals surface area contributed by atoms with Gasteiger partial charge in [-0.15, -0.1) is 0 Å². The van der Waals surface area contributed by atoms with Crippen molar-refractivity contribution in [3.05, 3.63) is 22.7 Å². The molecule has 1 aromatic carbocycles. The van der Waals surface area contributed by atoms with Crippen molar-refractivity contribution in [2.24, 2.45) is 5.92 Å². The Morgan fingerprint density at radius 3 is 2.81 bits per heavy atom. The van der Waals surface area contributed by atoms with Gasteiger partial charge < -0.3 is 10.0 Å². The number of carbonyl (C=O) groups excluding carboxylic acids is 1. The van der Waals surface area contributed by atoms with Crippen molar-refractivity contribution in [2.75, 3.05) is 16.8 Å². The van der Waals surface area contributed by atoms with Gasteiger partial charge in [0.2, 0.25) is 5.91 Å². The molecule has 2 rings (SSSR count). The molecule has 0 saturated carbocycles. The van der Waals surface area contributed by atoms with Gasteiger partial charge in [-0.1, -0.05) is 31.9 Å². The first kappa shape index (κ1) is 11.9. The maximum atomic E-state index is 11.8. The molecule has 16 heavy (non-hydrogen) atoms. The first-order chi connectivity index (χ1) is 7.61. The molecule has 86 valence electrons. The Morgan fingerprint density at radius 1 is 1.50 bits per heavy atom. The van der Waals surface area contributed by atoms with E-state index in [0.29, 0.717) is 24.6 Å². The Balaban J connectivity index is 2.28. The third-order valence-electron chi connectivity index (χ3n) is 2.65. The highest BCUT2D eigenvalue weighted by atomic mass is 79.9. The smallest absolute Gasteiger partial charge is 0.227 e. The van der Waals surface area contributed by atoms with Crippen molar-refractivity contribution in [1.29, 1.82) is 0 Å². The molecule has 1 aromatic rings. The number of alkyl halides is 1. The topological polar surface area (TPSA) is 40.5 Å². The Hall–Kier alpha value is -0.550. The van der Waals surface area contributed by atoms with Crippen LogP contribution in [0.5, 0.6) is 5.75 Å². The minimum atomic E-state index is 0.0714. The van der Waals surface area contributed by atoms with Crippen LogP contribution in [-0.2, 0) is 4.79 Å². The number of benzene rings is 1. The third kappa shape index (κ3) is 2.25. The number of halogens is 2. The highest BCUT2D eigenvalue weighted by molar-refractivity contribution is 9.10. The van der Waals surface area contributed by atoms with Crippen LogP contribution in [0.25, 0.3) is 0 Å². The van der Waals surface area contributed by atoms with Gasteiger partial charge in [-0.2, -0.15) is 0 Å². The van der Waals surface area contributed by atoms with Crippen molar-refractivity contribution in [3.8, 4) is 5.75 Å². The van der Waals surface area contributed by atoms with Crippen LogP contribution in [0, 0.1) is 5.92 Å². The fourth-order valence-corrected chi connectivity index (χ4v) is 2.63. The summed E-state index contributed by atoms with van der Waals surface area (Å²) < 4.78 is 0.803. The lowest BCUT2D eigenvalue weighted by molar-refractivity contribution is -0.117. The van der Waals surface area contributed by atoms with Gasteiger partial charge in [-0.3, -0.25) is 4.79 Å². The number of carbonyl (C=O) groups is 1. The number of nitrogens with zero attached hydrogens (tertiary/aromatic N) is 1. The predicted octanol–water partition coefficient (Wildman–Crippen LogP) is 2.90. The van der Waals surface area contributed by atoms with Gasteiger partial charge in [0.05, 0.1) is 5.69 Å². The zero-order chi connectivity index (χ0) is 11.7. The van der Waals surface area contributed by atoms with Crippen LogP contribution in [0.3, 0.4) is 0 Å². The molecule has 0 radical (unpaired) electrons. The molecule has 1 saturated heterocycles. The number of amides is 1. The highest BCUT2D eigenvalue weighted by Gasteiger charge is 2.31. The molecule has 1 aliphatic heterocycles. The fraction of sp³-hybridized carbons (Fsp3) is 0.364. The van der Waals surface area contributed by atoms with Crippen molar-refractivity contribution >= 4 is 43.5 Å². The molecule has 1 unspecified atom stereocenters. The van der Waals surface area contributed by atoms with Crippen molar-refractivity contribution in [1.82, 2.24) is 0 Å². The number of hydrogen-bond acceptors (Lipinski definition) is 2. The Kier molecular flexibility index (Phi) is 3.54. The van der Waals surface area contributed by atoms with Crippen LogP contribution in [0.1, 0.15) is 6.42 Å². The second-order valence-corrected chi connectivity index (χ2v) is 5.42. The van der Waals surface area contributed by atoms with Crippen molar-refractivity contribution in [2.45, 2.75) is 6.42 Å². The van der Waals surface area contributed by atoms with E-state index in [2.05, 4.69) is 31.9 Å². The van der Waals surface area contributed by atoms with Crippen LogP contribution in [0.15, 0.2) is 22.7 Å². The SMILES string of the molecule is O=C1CC(CBr)CN1c1ccc(Br)cc1O. The molecule has 1 fully saturated rings. The van der Waals surface area contributed by atoms with E-state index in [1.807, 2.05) is 6.07 Å². The van der Waals surface area contributed by atoms with Gasteiger partial charge >= 0.3 is 0 Å². The number of aromatic hydroxyl groups is 1. The Morgan fingerprint density at radius 2 is 2.25 bits per heavy atom. The highest BCUT2D eigenvalue weighted by Crippen LogP contribution is 2.34. The molecule has 0 bridgehead atoms. The summed E-state index contributed by atoms with van der Waals surface area (Å²) in [4.78, 5) is 13.4. The van der Waals surface area contributed by atoms with Crippen molar-refractivity contribution < 1.29 is 9.90 Å². The van der Waals surface area contributed by atoms with Gasteiger partial charge in [0.25, 0.3) is 0 Å². The number of phenolic OH excluding ortho intramolecular Hbond substituents is 1. The molecule has 1 N–H and O–H groups in total. The van der Waals surface area contributed by atoms with E-state index in [1.165, 1.54) is 0 Å². The quantitative estimate of drug-likeness (QED) is 0.835. The summed E-state index contributed by atoms with van der Waals surface area (Å²) in [6, 6.07) is 5.18. The van der Waals surface area contributed by atoms with Gasteiger partial charge in [0.15, 0.2) is 0 Å². The van der Waals surface area contributed by atoms with E-state index in [9.17, 15) is 9.90 Å². The predicted molar refractivity (Wildman–Crippen MR) is 70.1 cm³/mol. The Bertz CT molecular complexity index is 422. The summed E-state index contributed by atoms with van der Waals surface area (Å²) in [5.41, 5.74) is 0.594. The lowest BCUT2D eigenvalue weighted by Crippen LogP contribution is -2.24. The van der Waals surface area contributed by atoms with Crippen LogP contribution >= 0.6 is 31.9 Å². The second kappa shape index (κ2) is 4.75. The lowest BCUT2D eigenvalue weighted by Gasteiger charge is -2.17. The first-order valence-corrected chi connectivity index (χ1v) is 6.88. The second-order valence-electron chi connectivity index (χ2n) is 3.86. The number of hydrogen-bond donors (Lipinski definition) is 1. The summed E-state index contributed by atoms with van der Waals surface area (Å²) in [7, 11) is 0. The minimum absolute atomic E-state index is 0.0714. The van der Waals surface area contributed by atoms with Crippen LogP contribution < -0.4 is 4.90 Å². The summed E-state index contributed by atoms with van der Waals surface area (Å²) in [5.74, 6) is 0.538. The maximum Gasteiger partial charge on any atom is 0.227 e. The summed E-state index contributed by atoms with van der Waals surface area (Å²) in [6.45, 7) is 0.666. The van der Waals surface area contributed by atoms with Crippen LogP contribution in [-0.4, -0.2) is 22.9 Å². The molecule has 0 aromatic heterocycles. The average molecular weight is 349 g/mol. The Labute approximate surface area is 111 Å². The average Bonchev–Trinajstić information content (AvgIpc) is 2.60. The lowest BCUT2D eigenvalue weighted by atomic mass is 10.2. The van der Waals surface area contributed by atoms with E-state index in [-0.39, 0.29) is 11.7 Å². The molecule has 0 aliphatic carbocycles. The van der Waals surface area contributed by atoms with E-state index >= 15 is 0 Å². The van der Waals surface area contributed by atoms with E-state index < -0.39 is 0 Å². The molecular weight excluding hydrogens is 338 g/mol. The fourth-order valence-electron chi connectivity index (χ4n) is 1.84. The van der Waals surface area contributed by atoms with Gasteiger partial charge in [-0.05, 0) is 24.1 Å². The zero-order valence-corrected chi connectivity index (χ0v) is 11.7. The minimum Gasteiger partial charge on any atom is -0.506 e. The zero-order valence-electron chi connectivity index (χ0n) is 8.49. The van der Waals surface area contributed by atoms with E-state index in [1.54, 1.807) is 17.0 Å². The van der Waals surface area contributed by atoms with E-state index in [4.69, 9.17) is 0 Å². The molecule has 1 atom stereocenters. The normalized spacial score (nSPS) is 20.5. The standard InChI is InChI=1S/C11H11Br2NO2/c12-5-7-3-11(16)14(6-7)9-2-1-8(13)4-10(9)15/h1-2,4,7,15H,3,5-6H2. The number of phenols is 1. The van der Waals surface area contributed by atoms with Gasteiger partial charge in [0, 0.05) is 22.8 Å².